The first-order valence-electron chi connectivity index (χ1n) is 12.7. The normalized spacial score (nSPS) is 21.0. The average molecular weight is 517 g/mol. The Kier molecular flexibility index (Phi) is 7.22. The maximum absolute atomic E-state index is 13.6. The van der Waals surface area contributed by atoms with Gasteiger partial charge in [-0.1, -0.05) is 18.2 Å². The topological polar surface area (TPSA) is 60.1 Å². The molecule has 1 saturated heterocycles. The van der Waals surface area contributed by atoms with Crippen molar-refractivity contribution in [1.29, 1.82) is 0 Å². The van der Waals surface area contributed by atoms with Crippen molar-refractivity contribution < 1.29 is 17.6 Å². The average Bonchev–Trinajstić information content (AvgIpc) is 3.26. The number of fused-ring (bicyclic) bond motifs is 1. The second-order valence-corrected chi connectivity index (χ2v) is 10.2. The summed E-state index contributed by atoms with van der Waals surface area (Å²) in [6.45, 7) is 4.92. The Bertz CT molecular complexity index is 1200. The minimum absolute atomic E-state index is 0.259. The maximum Gasteiger partial charge on any atom is 0.401 e. The number of halogens is 4. The van der Waals surface area contributed by atoms with Crippen molar-refractivity contribution in [3.05, 3.63) is 65.2 Å². The number of alkyl halides is 4. The molecule has 2 N–H and O–H groups in total. The van der Waals surface area contributed by atoms with Gasteiger partial charge in [-0.25, -0.2) is 0 Å². The molecule has 0 saturated carbocycles. The lowest BCUT2D eigenvalue weighted by molar-refractivity contribution is -0.155. The zero-order valence-corrected chi connectivity index (χ0v) is 21.0. The molecule has 6 nitrogen and oxygen atoms in total. The third-order valence-electron chi connectivity index (χ3n) is 7.36. The van der Waals surface area contributed by atoms with E-state index in [9.17, 15) is 17.6 Å². The Morgan fingerprint density at radius 2 is 1.95 bits per heavy atom. The lowest BCUT2D eigenvalue weighted by Gasteiger charge is -2.42. The smallest absolute Gasteiger partial charge is 0.378 e. The van der Waals surface area contributed by atoms with Crippen LogP contribution in [0.15, 0.2) is 42.7 Å². The standard InChI is InChI=1S/C27H32F4N6/c1-17-10-20-11-19(24-13-33-35-18(24)2)4-6-23(20)26(37(17)16-27(29,30)31)25-7-5-21(12-32-25)34-22-14-36(15-22)9-3-8-28/h4-7,11-13,17,22,26,34H,3,8-10,14-16H2,1-2H3,(H,33,35)/t17-,26+/m1/s1. The van der Waals surface area contributed by atoms with Gasteiger partial charge in [0.25, 0.3) is 0 Å². The molecule has 2 atom stereocenters. The van der Waals surface area contributed by atoms with Crippen LogP contribution in [0.1, 0.15) is 41.9 Å². The Hall–Kier alpha value is -2.98. The molecule has 3 aromatic rings. The van der Waals surface area contributed by atoms with Gasteiger partial charge in [0.05, 0.1) is 49.1 Å². The summed E-state index contributed by atoms with van der Waals surface area (Å²) in [4.78, 5) is 8.33. The number of nitrogens with one attached hydrogen (secondary N) is 2. The van der Waals surface area contributed by atoms with Crippen LogP contribution >= 0.6 is 0 Å². The zero-order valence-electron chi connectivity index (χ0n) is 21.0. The SMILES string of the molecule is Cc1[nH]ncc1-c1ccc2c(c1)C[C@@H](C)N(CC(F)(F)F)[C@@H]2c1ccc(NC2CN(CCCF)C2)cn1. The summed E-state index contributed by atoms with van der Waals surface area (Å²) >= 11 is 0. The molecule has 1 fully saturated rings. The number of nitrogens with zero attached hydrogens (tertiary/aromatic N) is 4. The molecule has 0 radical (unpaired) electrons. The first-order valence-corrected chi connectivity index (χ1v) is 12.7. The second kappa shape index (κ2) is 10.4. The largest absolute Gasteiger partial charge is 0.401 e. The third-order valence-corrected chi connectivity index (χ3v) is 7.36. The van der Waals surface area contributed by atoms with Crippen molar-refractivity contribution in [3.63, 3.8) is 0 Å². The van der Waals surface area contributed by atoms with E-state index in [1.54, 1.807) is 12.4 Å². The van der Waals surface area contributed by atoms with Gasteiger partial charge in [0.1, 0.15) is 0 Å². The zero-order chi connectivity index (χ0) is 26.2. The Morgan fingerprint density at radius 1 is 1.14 bits per heavy atom. The lowest BCUT2D eigenvalue weighted by atomic mass is 9.85. The molecular formula is C27H32F4N6. The highest BCUT2D eigenvalue weighted by Crippen LogP contribution is 2.40. The van der Waals surface area contributed by atoms with Crippen molar-refractivity contribution in [1.82, 2.24) is 25.0 Å². The molecule has 0 unspecified atom stereocenters. The number of likely N-dealkylation sites (tertiary alicyclic amines) is 1. The van der Waals surface area contributed by atoms with Crippen molar-refractivity contribution in [2.75, 3.05) is 38.2 Å². The fourth-order valence-corrected chi connectivity index (χ4v) is 5.53. The van der Waals surface area contributed by atoms with Crippen molar-refractivity contribution in [2.24, 2.45) is 0 Å². The minimum Gasteiger partial charge on any atom is -0.378 e. The lowest BCUT2D eigenvalue weighted by Crippen LogP contribution is -2.54. The number of pyridine rings is 1. The van der Waals surface area contributed by atoms with Crippen LogP contribution in [-0.4, -0.2) is 76.1 Å². The van der Waals surface area contributed by atoms with Gasteiger partial charge >= 0.3 is 6.18 Å². The van der Waals surface area contributed by atoms with Gasteiger partial charge in [-0.05, 0) is 55.5 Å². The van der Waals surface area contributed by atoms with Crippen LogP contribution in [0, 0.1) is 6.92 Å². The molecule has 37 heavy (non-hydrogen) atoms. The third kappa shape index (κ3) is 5.65. The fraction of sp³-hybridized carbons (Fsp3) is 0.481. The van der Waals surface area contributed by atoms with Crippen molar-refractivity contribution in [3.8, 4) is 11.1 Å². The van der Waals surface area contributed by atoms with Crippen LogP contribution in [-0.2, 0) is 6.42 Å². The highest BCUT2D eigenvalue weighted by atomic mass is 19.4. The first kappa shape index (κ1) is 25.7. The van der Waals surface area contributed by atoms with Crippen LogP contribution in [0.3, 0.4) is 0 Å². The summed E-state index contributed by atoms with van der Waals surface area (Å²) in [5.41, 5.74) is 6.22. The van der Waals surface area contributed by atoms with E-state index in [1.807, 2.05) is 38.1 Å². The van der Waals surface area contributed by atoms with E-state index in [0.29, 0.717) is 18.5 Å². The highest BCUT2D eigenvalue weighted by molar-refractivity contribution is 5.67. The van der Waals surface area contributed by atoms with Crippen LogP contribution in [0.25, 0.3) is 11.1 Å². The van der Waals surface area contributed by atoms with Gasteiger partial charge in [0.2, 0.25) is 0 Å². The molecule has 2 aromatic heterocycles. The number of aryl methyl sites for hydroxylation is 1. The molecule has 0 amide bonds. The Morgan fingerprint density at radius 3 is 2.59 bits per heavy atom. The van der Waals surface area contributed by atoms with Gasteiger partial charge in [-0.3, -0.25) is 24.3 Å². The van der Waals surface area contributed by atoms with Crippen LogP contribution in [0.2, 0.25) is 0 Å². The van der Waals surface area contributed by atoms with E-state index >= 15 is 0 Å². The summed E-state index contributed by atoms with van der Waals surface area (Å²) in [6, 6.07) is 9.01. The molecule has 0 aliphatic carbocycles. The van der Waals surface area contributed by atoms with E-state index < -0.39 is 18.8 Å². The maximum atomic E-state index is 13.6. The van der Waals surface area contributed by atoms with E-state index in [2.05, 4.69) is 31.5 Å². The molecule has 0 bridgehead atoms. The molecule has 2 aliphatic heterocycles. The predicted octanol–water partition coefficient (Wildman–Crippen LogP) is 5.13. The van der Waals surface area contributed by atoms with Crippen LogP contribution in [0.4, 0.5) is 23.2 Å². The molecular weight excluding hydrogens is 484 g/mol. The van der Waals surface area contributed by atoms with Crippen LogP contribution in [0.5, 0.6) is 0 Å². The van der Waals surface area contributed by atoms with Gasteiger partial charge in [-0.2, -0.15) is 18.3 Å². The number of aromatic nitrogens is 3. The number of anilines is 1. The predicted molar refractivity (Wildman–Crippen MR) is 135 cm³/mol. The minimum atomic E-state index is -4.32. The van der Waals surface area contributed by atoms with E-state index in [1.165, 1.54) is 4.90 Å². The number of benzene rings is 1. The molecule has 4 heterocycles. The summed E-state index contributed by atoms with van der Waals surface area (Å²) in [6.07, 6.45) is 0.215. The molecule has 5 rings (SSSR count). The molecule has 1 aromatic carbocycles. The summed E-state index contributed by atoms with van der Waals surface area (Å²) in [5, 5.41) is 10.5. The van der Waals surface area contributed by atoms with Gasteiger partial charge in [-0.15, -0.1) is 0 Å². The summed E-state index contributed by atoms with van der Waals surface area (Å²) in [5.74, 6) is 0. The van der Waals surface area contributed by atoms with Crippen molar-refractivity contribution >= 4 is 5.69 Å². The van der Waals surface area contributed by atoms with Gasteiger partial charge in [0, 0.05) is 36.9 Å². The highest BCUT2D eigenvalue weighted by Gasteiger charge is 2.41. The number of hydrogen-bond donors (Lipinski definition) is 2. The Balaban J connectivity index is 1.40. The number of aromatic amines is 1. The Labute approximate surface area is 214 Å². The van der Waals surface area contributed by atoms with Crippen molar-refractivity contribution in [2.45, 2.75) is 51.0 Å². The summed E-state index contributed by atoms with van der Waals surface area (Å²) in [7, 11) is 0. The molecule has 2 aliphatic rings. The molecule has 198 valence electrons. The monoisotopic (exact) mass is 516 g/mol. The fourth-order valence-electron chi connectivity index (χ4n) is 5.53. The van der Waals surface area contributed by atoms with Gasteiger partial charge < -0.3 is 5.32 Å². The quantitative estimate of drug-likeness (QED) is 0.407. The second-order valence-electron chi connectivity index (χ2n) is 10.2. The van der Waals surface area contributed by atoms with E-state index in [0.717, 1.165) is 53.3 Å². The number of H-pyrrole nitrogens is 1. The van der Waals surface area contributed by atoms with Gasteiger partial charge in [0.15, 0.2) is 0 Å². The number of hydrogen-bond acceptors (Lipinski definition) is 5. The summed E-state index contributed by atoms with van der Waals surface area (Å²) < 4.78 is 53.2. The molecule has 10 heteroatoms. The first-order chi connectivity index (χ1) is 17.7. The van der Waals surface area contributed by atoms with Crippen LogP contribution < -0.4 is 5.32 Å². The van der Waals surface area contributed by atoms with E-state index in [4.69, 9.17) is 0 Å². The number of rotatable bonds is 8. The van der Waals surface area contributed by atoms with E-state index in [-0.39, 0.29) is 18.8 Å². The molecule has 0 spiro atoms.